The fraction of sp³-hybridized carbons (Fsp3) is 0.152. The molecule has 4 N–H and O–H groups in total. The van der Waals surface area contributed by atoms with Crippen LogP contribution >= 0.6 is 11.8 Å². The van der Waals surface area contributed by atoms with Crippen molar-refractivity contribution in [3.8, 4) is 0 Å². The lowest BCUT2D eigenvalue weighted by Gasteiger charge is -2.52. The van der Waals surface area contributed by atoms with E-state index in [1.807, 2.05) is 97.1 Å². The second-order valence-corrected chi connectivity index (χ2v) is 11.3. The van der Waals surface area contributed by atoms with Crippen molar-refractivity contribution in [3.05, 3.63) is 144 Å². The number of rotatable bonds is 6. The normalized spacial score (nSPS) is 23.3. The second-order valence-electron chi connectivity index (χ2n) is 10.1. The Bertz CT molecular complexity index is 1470. The molecule has 1 fully saturated rings. The van der Waals surface area contributed by atoms with Gasteiger partial charge in [-0.3, -0.25) is 9.59 Å². The molecule has 4 atom stereocenters. The molecule has 0 amide bonds. The molecule has 2 heterocycles. The van der Waals surface area contributed by atoms with E-state index in [1.54, 1.807) is 36.0 Å². The Hall–Kier alpha value is -4.49. The zero-order valence-corrected chi connectivity index (χ0v) is 22.4. The van der Waals surface area contributed by atoms with Crippen LogP contribution < -0.4 is 11.5 Å². The Kier molecular flexibility index (Phi) is 6.82. The summed E-state index contributed by atoms with van der Waals surface area (Å²) in [6.45, 7) is 0. The van der Waals surface area contributed by atoms with Crippen LogP contribution in [0.3, 0.4) is 0 Å². The Morgan fingerprint density at radius 2 is 0.875 bits per heavy atom. The van der Waals surface area contributed by atoms with Crippen molar-refractivity contribution >= 4 is 35.0 Å². The summed E-state index contributed by atoms with van der Waals surface area (Å²) >= 11 is 1.60. The maximum absolute atomic E-state index is 14.6. The molecule has 6 nitrogen and oxygen atoms in total. The molecule has 7 heteroatoms. The van der Waals surface area contributed by atoms with Crippen LogP contribution in [-0.2, 0) is 0 Å². The lowest BCUT2D eigenvalue weighted by molar-refractivity contribution is 0.0724. The van der Waals surface area contributed by atoms with Crippen LogP contribution in [0.15, 0.2) is 132 Å². The molecule has 4 aromatic rings. The first-order chi connectivity index (χ1) is 19.5. The van der Waals surface area contributed by atoms with E-state index in [1.165, 1.54) is 0 Å². The lowest BCUT2D eigenvalue weighted by Crippen LogP contribution is -2.63. The highest BCUT2D eigenvalue weighted by atomic mass is 32.2. The molecular formula is C33H28N4O2S. The Morgan fingerprint density at radius 1 is 0.550 bits per heavy atom. The maximum atomic E-state index is 14.6. The quantitative estimate of drug-likeness (QED) is 0.296. The van der Waals surface area contributed by atoms with Crippen LogP contribution in [0.5, 0.6) is 0 Å². The van der Waals surface area contributed by atoms with Gasteiger partial charge in [0.1, 0.15) is 17.1 Å². The summed E-state index contributed by atoms with van der Waals surface area (Å²) in [7, 11) is 0. The second kappa shape index (κ2) is 10.6. The van der Waals surface area contributed by atoms with Gasteiger partial charge in [-0.15, -0.1) is 22.0 Å². The summed E-state index contributed by atoms with van der Waals surface area (Å²) in [5.41, 5.74) is 15.0. The van der Waals surface area contributed by atoms with Crippen molar-refractivity contribution in [1.82, 2.24) is 0 Å². The molecular weight excluding hydrogens is 516 g/mol. The minimum Gasteiger partial charge on any atom is -0.385 e. The topological polar surface area (TPSA) is 111 Å². The highest BCUT2D eigenvalue weighted by Gasteiger charge is 2.67. The van der Waals surface area contributed by atoms with Gasteiger partial charge in [0.05, 0.1) is 11.8 Å². The smallest absolute Gasteiger partial charge is 0.168 e. The Morgan fingerprint density at radius 3 is 1.23 bits per heavy atom. The number of nitrogens with two attached hydrogens (primary N) is 2. The highest BCUT2D eigenvalue weighted by molar-refractivity contribution is 7.99. The molecule has 40 heavy (non-hydrogen) atoms. The van der Waals surface area contributed by atoms with Crippen molar-refractivity contribution in [3.63, 3.8) is 0 Å². The van der Waals surface area contributed by atoms with E-state index in [0.29, 0.717) is 11.1 Å². The third kappa shape index (κ3) is 4.14. The standard InChI is InChI=1S/C33H28N4O2S/c34-31-33(32(35)37-36-31)25(27(38)21-13-5-1-6-14-21)29(23-17-9-3-10-18-23)40-30(24-19-11-4-12-20-24)26(33)28(39)22-15-7-2-8-16-22/h1-20,25-26,29-30H,(H2,34,36)(H2,35,37)/t25-,26+,29-,30+. The molecule has 0 bridgehead atoms. The van der Waals surface area contributed by atoms with Crippen molar-refractivity contribution in [2.75, 3.05) is 0 Å². The molecule has 2 aliphatic heterocycles. The first-order valence-electron chi connectivity index (χ1n) is 13.1. The number of ketones is 2. The predicted octanol–water partition coefficient (Wildman–Crippen LogP) is 5.84. The number of carbonyl (C=O) groups excluding carboxylic acids is 2. The molecule has 0 aliphatic carbocycles. The summed E-state index contributed by atoms with van der Waals surface area (Å²) in [5, 5.41) is 7.71. The first kappa shape index (κ1) is 25.8. The maximum Gasteiger partial charge on any atom is 0.168 e. The van der Waals surface area contributed by atoms with Crippen LogP contribution in [0.2, 0.25) is 0 Å². The summed E-state index contributed by atoms with van der Waals surface area (Å²) in [4.78, 5) is 29.3. The predicted molar refractivity (Wildman–Crippen MR) is 160 cm³/mol. The molecule has 198 valence electrons. The fourth-order valence-electron chi connectivity index (χ4n) is 6.11. The van der Waals surface area contributed by atoms with Gasteiger partial charge in [0.15, 0.2) is 11.6 Å². The molecule has 0 radical (unpaired) electrons. The monoisotopic (exact) mass is 544 g/mol. The van der Waals surface area contributed by atoms with Crippen molar-refractivity contribution < 1.29 is 9.59 Å². The van der Waals surface area contributed by atoms with Gasteiger partial charge >= 0.3 is 0 Å². The number of hydrogen-bond acceptors (Lipinski definition) is 7. The van der Waals surface area contributed by atoms with Crippen molar-refractivity contribution in [1.29, 1.82) is 0 Å². The number of Topliss-reactive ketones (excluding diaryl/α,β-unsaturated/α-hetero) is 2. The summed E-state index contributed by atoms with van der Waals surface area (Å²) < 4.78 is 0. The Labute approximate surface area is 237 Å². The van der Waals surface area contributed by atoms with Gasteiger partial charge in [0.2, 0.25) is 0 Å². The van der Waals surface area contributed by atoms with Gasteiger partial charge in [-0.2, -0.15) is 0 Å². The Balaban J connectivity index is 1.65. The van der Waals surface area contributed by atoms with E-state index >= 15 is 0 Å². The van der Waals surface area contributed by atoms with E-state index < -0.39 is 17.3 Å². The number of amidine groups is 2. The zero-order chi connectivity index (χ0) is 27.7. The van der Waals surface area contributed by atoms with Crippen LogP contribution in [0.1, 0.15) is 42.3 Å². The van der Waals surface area contributed by atoms with E-state index in [0.717, 1.165) is 11.1 Å². The van der Waals surface area contributed by atoms with Crippen LogP contribution in [0, 0.1) is 17.3 Å². The molecule has 6 rings (SSSR count). The van der Waals surface area contributed by atoms with E-state index in [-0.39, 0.29) is 33.7 Å². The van der Waals surface area contributed by atoms with Gasteiger partial charge in [0.25, 0.3) is 0 Å². The highest BCUT2D eigenvalue weighted by Crippen LogP contribution is 2.65. The molecule has 0 aromatic heterocycles. The lowest BCUT2D eigenvalue weighted by atomic mass is 9.57. The third-order valence-corrected chi connectivity index (χ3v) is 9.61. The van der Waals surface area contributed by atoms with Gasteiger partial charge in [0, 0.05) is 21.6 Å². The van der Waals surface area contributed by atoms with Gasteiger partial charge < -0.3 is 11.5 Å². The van der Waals surface area contributed by atoms with E-state index in [4.69, 9.17) is 11.5 Å². The van der Waals surface area contributed by atoms with Crippen LogP contribution in [0.25, 0.3) is 0 Å². The third-order valence-electron chi connectivity index (χ3n) is 7.93. The summed E-state index contributed by atoms with van der Waals surface area (Å²) in [6.07, 6.45) is 0. The average Bonchev–Trinajstić information content (AvgIpc) is 3.30. The molecule has 2 aliphatic rings. The minimum atomic E-state index is -1.44. The summed E-state index contributed by atoms with van der Waals surface area (Å²) in [6, 6.07) is 37.9. The molecule has 0 unspecified atom stereocenters. The van der Waals surface area contributed by atoms with Gasteiger partial charge in [-0.1, -0.05) is 121 Å². The van der Waals surface area contributed by atoms with E-state index in [2.05, 4.69) is 10.2 Å². The fourth-order valence-corrected chi connectivity index (χ4v) is 8.04. The number of thioether (sulfide) groups is 1. The average molecular weight is 545 g/mol. The van der Waals surface area contributed by atoms with Crippen molar-refractivity contribution in [2.45, 2.75) is 10.5 Å². The summed E-state index contributed by atoms with van der Waals surface area (Å²) in [5.74, 6) is -1.80. The number of carbonyl (C=O) groups is 2. The SMILES string of the molecule is NC1=NN=C(N)C12[C@H](C(=O)c1ccccc1)[C@@H](c1ccccc1)S[C@@H](c1ccccc1)[C@@H]2C(=O)c1ccccc1. The van der Waals surface area contributed by atoms with Crippen LogP contribution in [0.4, 0.5) is 0 Å². The minimum absolute atomic E-state index is 0.0933. The molecule has 1 saturated heterocycles. The van der Waals surface area contributed by atoms with Crippen molar-refractivity contribution in [2.24, 2.45) is 38.9 Å². The molecule has 1 spiro atoms. The largest absolute Gasteiger partial charge is 0.385 e. The number of hydrogen-bond donors (Lipinski definition) is 2. The molecule has 0 saturated carbocycles. The number of benzene rings is 4. The first-order valence-corrected chi connectivity index (χ1v) is 14.1. The molecule has 4 aromatic carbocycles. The van der Waals surface area contributed by atoms with Crippen LogP contribution in [-0.4, -0.2) is 23.2 Å². The van der Waals surface area contributed by atoms with E-state index in [9.17, 15) is 9.59 Å². The van der Waals surface area contributed by atoms with Gasteiger partial charge in [-0.25, -0.2) is 0 Å². The zero-order valence-electron chi connectivity index (χ0n) is 21.6. The number of nitrogens with zero attached hydrogens (tertiary/aromatic N) is 2. The van der Waals surface area contributed by atoms with Gasteiger partial charge in [-0.05, 0) is 11.1 Å².